The Hall–Kier alpha value is -2.82. The Balaban J connectivity index is 1.70. The van der Waals surface area contributed by atoms with Crippen molar-refractivity contribution in [3.63, 3.8) is 0 Å². The summed E-state index contributed by atoms with van der Waals surface area (Å²) in [5, 5.41) is 12.6. The van der Waals surface area contributed by atoms with E-state index < -0.39 is 11.9 Å². The molecule has 0 spiro atoms. The van der Waals surface area contributed by atoms with Crippen LogP contribution in [0.4, 0.5) is 24.8 Å². The van der Waals surface area contributed by atoms with Gasteiger partial charge in [-0.25, -0.2) is 9.97 Å². The number of halogens is 3. The van der Waals surface area contributed by atoms with Gasteiger partial charge in [-0.15, -0.1) is 0 Å². The lowest BCUT2D eigenvalue weighted by molar-refractivity contribution is -0.141. The predicted octanol–water partition coefficient (Wildman–Crippen LogP) is 3.76. The molecular formula is C18H18F3N5. The van der Waals surface area contributed by atoms with E-state index in [1.807, 2.05) is 31.2 Å². The number of aryl methyl sites for hydroxylation is 1. The van der Waals surface area contributed by atoms with Crippen molar-refractivity contribution in [2.24, 2.45) is 0 Å². The van der Waals surface area contributed by atoms with E-state index in [1.54, 1.807) is 4.90 Å². The summed E-state index contributed by atoms with van der Waals surface area (Å²) in [5.74, 6) is 0.896. The molecule has 0 unspecified atom stereocenters. The minimum Gasteiger partial charge on any atom is -0.367 e. The topological polar surface area (TPSA) is 64.8 Å². The maximum atomic E-state index is 12.9. The van der Waals surface area contributed by atoms with Crippen LogP contribution in [0, 0.1) is 18.3 Å². The molecule has 3 rings (SSSR count). The molecule has 0 atom stereocenters. The van der Waals surface area contributed by atoms with Crippen molar-refractivity contribution in [1.29, 1.82) is 5.26 Å². The zero-order valence-electron chi connectivity index (χ0n) is 14.2. The molecule has 1 aliphatic heterocycles. The van der Waals surface area contributed by atoms with E-state index in [-0.39, 0.29) is 17.4 Å². The number of hydrogen-bond donors (Lipinski definition) is 1. The van der Waals surface area contributed by atoms with E-state index in [9.17, 15) is 18.4 Å². The largest absolute Gasteiger partial charge is 0.433 e. The lowest BCUT2D eigenvalue weighted by Crippen LogP contribution is -2.40. The summed E-state index contributed by atoms with van der Waals surface area (Å²) >= 11 is 0. The number of rotatable bonds is 3. The zero-order valence-corrected chi connectivity index (χ0v) is 14.2. The molecule has 2 aromatic heterocycles. The van der Waals surface area contributed by atoms with Gasteiger partial charge in [0.05, 0.1) is 5.56 Å². The van der Waals surface area contributed by atoms with Crippen molar-refractivity contribution in [3.8, 4) is 6.07 Å². The van der Waals surface area contributed by atoms with Crippen molar-refractivity contribution in [2.75, 3.05) is 23.3 Å². The fraction of sp³-hybridized carbons (Fsp3) is 0.389. The van der Waals surface area contributed by atoms with E-state index in [0.717, 1.165) is 30.4 Å². The molecule has 1 N–H and O–H groups in total. The Morgan fingerprint density at radius 2 is 1.88 bits per heavy atom. The van der Waals surface area contributed by atoms with Crippen LogP contribution in [-0.2, 0) is 6.18 Å². The number of pyridine rings is 2. The first kappa shape index (κ1) is 18.0. The molecule has 0 amide bonds. The van der Waals surface area contributed by atoms with Gasteiger partial charge in [-0.05, 0) is 44.0 Å². The molecule has 5 nitrogen and oxygen atoms in total. The number of piperidine rings is 1. The first-order valence-electron chi connectivity index (χ1n) is 8.30. The van der Waals surface area contributed by atoms with Gasteiger partial charge in [0.2, 0.25) is 0 Å². The van der Waals surface area contributed by atoms with E-state index >= 15 is 0 Å². The van der Waals surface area contributed by atoms with Gasteiger partial charge < -0.3 is 10.2 Å². The Kier molecular flexibility index (Phi) is 4.98. The van der Waals surface area contributed by atoms with Crippen LogP contribution in [-0.4, -0.2) is 29.1 Å². The van der Waals surface area contributed by atoms with Crippen LogP contribution in [0.15, 0.2) is 30.3 Å². The van der Waals surface area contributed by atoms with Crippen molar-refractivity contribution >= 4 is 11.6 Å². The second kappa shape index (κ2) is 7.20. The van der Waals surface area contributed by atoms with Gasteiger partial charge >= 0.3 is 6.18 Å². The first-order chi connectivity index (χ1) is 12.4. The molecule has 26 heavy (non-hydrogen) atoms. The molecule has 1 saturated heterocycles. The maximum Gasteiger partial charge on any atom is 0.433 e. The Labute approximate surface area is 149 Å². The summed E-state index contributed by atoms with van der Waals surface area (Å²) in [6.45, 7) is 2.95. The molecule has 0 radical (unpaired) electrons. The van der Waals surface area contributed by atoms with Gasteiger partial charge in [0, 0.05) is 24.8 Å². The highest BCUT2D eigenvalue weighted by Crippen LogP contribution is 2.31. The molecule has 0 aromatic carbocycles. The summed E-state index contributed by atoms with van der Waals surface area (Å²) in [4.78, 5) is 9.86. The van der Waals surface area contributed by atoms with Crippen LogP contribution in [0.5, 0.6) is 0 Å². The summed E-state index contributed by atoms with van der Waals surface area (Å²) < 4.78 is 38.8. The molecule has 2 aromatic rings. The third-order valence-electron chi connectivity index (χ3n) is 4.32. The van der Waals surface area contributed by atoms with Crippen LogP contribution in [0.3, 0.4) is 0 Å². The summed E-state index contributed by atoms with van der Waals surface area (Å²) in [6, 6.07) is 9.87. The maximum absolute atomic E-state index is 12.9. The van der Waals surface area contributed by atoms with Gasteiger partial charge in [0.15, 0.2) is 0 Å². The first-order valence-corrected chi connectivity index (χ1v) is 8.30. The smallest absolute Gasteiger partial charge is 0.367 e. The van der Waals surface area contributed by atoms with Gasteiger partial charge in [-0.3, -0.25) is 0 Å². The van der Waals surface area contributed by atoms with E-state index in [1.165, 1.54) is 6.07 Å². The van der Waals surface area contributed by atoms with Gasteiger partial charge in [0.25, 0.3) is 0 Å². The van der Waals surface area contributed by atoms with Crippen LogP contribution < -0.4 is 10.2 Å². The number of nitriles is 1. The highest BCUT2D eigenvalue weighted by molar-refractivity contribution is 5.55. The fourth-order valence-electron chi connectivity index (χ4n) is 3.00. The standard InChI is InChI=1S/C18H18F3N5/c1-12-3-2-4-16(23-12)24-14-7-9-26(10-8-14)17-13(11-22)5-6-15(25-17)18(19,20)21/h2-6,14H,7-10H2,1H3,(H,23,24). The average Bonchev–Trinajstić information content (AvgIpc) is 2.61. The molecular weight excluding hydrogens is 343 g/mol. The SMILES string of the molecule is Cc1cccc(NC2CCN(c3nc(C(F)(F)F)ccc3C#N)CC2)n1. The second-order valence-electron chi connectivity index (χ2n) is 6.25. The van der Waals surface area contributed by atoms with Gasteiger partial charge in [-0.1, -0.05) is 6.07 Å². The van der Waals surface area contributed by atoms with Crippen LogP contribution in [0.2, 0.25) is 0 Å². The third kappa shape index (κ3) is 4.04. The van der Waals surface area contributed by atoms with Gasteiger partial charge in [-0.2, -0.15) is 18.4 Å². The minimum atomic E-state index is -4.53. The molecule has 8 heteroatoms. The summed E-state index contributed by atoms with van der Waals surface area (Å²) in [7, 11) is 0. The number of alkyl halides is 3. The minimum absolute atomic E-state index is 0.106. The lowest BCUT2D eigenvalue weighted by Gasteiger charge is -2.34. The Bertz CT molecular complexity index is 820. The van der Waals surface area contributed by atoms with Crippen LogP contribution >= 0.6 is 0 Å². The third-order valence-corrected chi connectivity index (χ3v) is 4.32. The highest BCUT2D eigenvalue weighted by Gasteiger charge is 2.34. The fourth-order valence-corrected chi connectivity index (χ4v) is 3.00. The number of hydrogen-bond acceptors (Lipinski definition) is 5. The quantitative estimate of drug-likeness (QED) is 0.902. The van der Waals surface area contributed by atoms with E-state index in [2.05, 4.69) is 15.3 Å². The summed E-state index contributed by atoms with van der Waals surface area (Å²) in [6.07, 6.45) is -3.09. The monoisotopic (exact) mass is 361 g/mol. The number of nitrogens with zero attached hydrogens (tertiary/aromatic N) is 4. The Morgan fingerprint density at radius 3 is 2.50 bits per heavy atom. The van der Waals surface area contributed by atoms with E-state index in [0.29, 0.717) is 13.1 Å². The second-order valence-corrected chi connectivity index (χ2v) is 6.25. The van der Waals surface area contributed by atoms with Crippen molar-refractivity contribution in [2.45, 2.75) is 32.0 Å². The number of nitrogens with one attached hydrogen (secondary N) is 1. The normalized spacial score (nSPS) is 15.6. The average molecular weight is 361 g/mol. The molecule has 0 bridgehead atoms. The van der Waals surface area contributed by atoms with Crippen LogP contribution in [0.25, 0.3) is 0 Å². The lowest BCUT2D eigenvalue weighted by atomic mass is 10.0. The zero-order chi connectivity index (χ0) is 18.7. The molecule has 1 aliphatic rings. The number of anilines is 2. The molecule has 3 heterocycles. The summed E-state index contributed by atoms with van der Waals surface area (Å²) in [5.41, 5.74) is 0.0970. The number of aromatic nitrogens is 2. The van der Waals surface area contributed by atoms with Crippen molar-refractivity contribution in [1.82, 2.24) is 9.97 Å². The van der Waals surface area contributed by atoms with Crippen molar-refractivity contribution < 1.29 is 13.2 Å². The van der Waals surface area contributed by atoms with Crippen molar-refractivity contribution in [3.05, 3.63) is 47.3 Å². The van der Waals surface area contributed by atoms with E-state index in [4.69, 9.17) is 0 Å². The van der Waals surface area contributed by atoms with Gasteiger partial charge in [0.1, 0.15) is 23.4 Å². The molecule has 1 fully saturated rings. The predicted molar refractivity (Wildman–Crippen MR) is 91.8 cm³/mol. The Morgan fingerprint density at radius 1 is 1.15 bits per heavy atom. The molecule has 136 valence electrons. The highest BCUT2D eigenvalue weighted by atomic mass is 19.4. The van der Waals surface area contributed by atoms with Crippen LogP contribution in [0.1, 0.15) is 29.8 Å². The molecule has 0 aliphatic carbocycles. The molecule has 0 saturated carbocycles.